The number of ether oxygens (including phenoxy) is 1. The van der Waals surface area contributed by atoms with Crippen LogP contribution in [0.3, 0.4) is 0 Å². The van der Waals surface area contributed by atoms with Crippen LogP contribution in [0.1, 0.15) is 0 Å². The lowest BCUT2D eigenvalue weighted by Crippen LogP contribution is -2.31. The molecule has 0 fully saturated rings. The molecule has 4 nitrogen and oxygen atoms in total. The Hall–Kier alpha value is -2.34. The molecule has 6 heteroatoms. The van der Waals surface area contributed by atoms with Crippen LogP contribution >= 0.6 is 0 Å². The molecule has 0 aliphatic carbocycles. The second-order valence-corrected chi connectivity index (χ2v) is 6.32. The van der Waals surface area contributed by atoms with Crippen LogP contribution in [0.25, 0.3) is 0 Å². The van der Waals surface area contributed by atoms with Crippen molar-refractivity contribution in [3.05, 3.63) is 67.0 Å². The lowest BCUT2D eigenvalue weighted by atomic mass is 10.3. The van der Waals surface area contributed by atoms with E-state index in [0.717, 1.165) is 6.07 Å². The summed E-state index contributed by atoms with van der Waals surface area (Å²) in [7, 11) is -2.58. The van der Waals surface area contributed by atoms with Gasteiger partial charge in [0, 0.05) is 0 Å². The normalized spacial score (nSPS) is 11.0. The van der Waals surface area contributed by atoms with Gasteiger partial charge in [0.05, 0.1) is 24.2 Å². The third-order valence-corrected chi connectivity index (χ3v) is 4.84. The third-order valence-electron chi connectivity index (χ3n) is 3.05. The van der Waals surface area contributed by atoms with E-state index >= 15 is 0 Å². The fraction of sp³-hybridized carbons (Fsp3) is 0.125. The number of anilines is 1. The van der Waals surface area contributed by atoms with Crippen molar-refractivity contribution in [1.82, 2.24) is 0 Å². The Morgan fingerprint density at radius 1 is 1.23 bits per heavy atom. The van der Waals surface area contributed by atoms with E-state index < -0.39 is 15.8 Å². The van der Waals surface area contributed by atoms with Crippen molar-refractivity contribution in [2.45, 2.75) is 4.90 Å². The molecule has 2 rings (SSSR count). The molecule has 0 saturated heterocycles. The minimum Gasteiger partial charge on any atom is -0.494 e. The van der Waals surface area contributed by atoms with Gasteiger partial charge in [-0.05, 0) is 30.3 Å². The van der Waals surface area contributed by atoms with Crippen LogP contribution in [0, 0.1) is 5.82 Å². The minimum atomic E-state index is -3.90. The maximum absolute atomic E-state index is 13.8. The Bertz CT molecular complexity index is 760. The van der Waals surface area contributed by atoms with Gasteiger partial charge >= 0.3 is 0 Å². The summed E-state index contributed by atoms with van der Waals surface area (Å²) >= 11 is 0. The lowest BCUT2D eigenvalue weighted by molar-refractivity contribution is 0.385. The van der Waals surface area contributed by atoms with Gasteiger partial charge in [0.25, 0.3) is 10.0 Å². The number of nitrogens with zero attached hydrogens (tertiary/aromatic N) is 1. The second kappa shape index (κ2) is 6.62. The van der Waals surface area contributed by atoms with Crippen molar-refractivity contribution in [2.24, 2.45) is 0 Å². The monoisotopic (exact) mass is 321 g/mol. The predicted molar refractivity (Wildman–Crippen MR) is 84.1 cm³/mol. The number of hydrogen-bond acceptors (Lipinski definition) is 3. The number of para-hydroxylation sites is 1. The van der Waals surface area contributed by atoms with Crippen molar-refractivity contribution in [3.63, 3.8) is 0 Å². The number of benzene rings is 2. The van der Waals surface area contributed by atoms with E-state index in [-0.39, 0.29) is 17.2 Å². The minimum absolute atomic E-state index is 0.00562. The lowest BCUT2D eigenvalue weighted by Gasteiger charge is -2.23. The molecule has 0 unspecified atom stereocenters. The number of rotatable bonds is 6. The molecule has 0 aliphatic heterocycles. The highest BCUT2D eigenvalue weighted by Crippen LogP contribution is 2.26. The van der Waals surface area contributed by atoms with Gasteiger partial charge in [0.2, 0.25) is 0 Å². The van der Waals surface area contributed by atoms with Gasteiger partial charge in [-0.2, -0.15) is 0 Å². The average Bonchev–Trinajstić information content (AvgIpc) is 2.53. The van der Waals surface area contributed by atoms with Crippen molar-refractivity contribution in [2.75, 3.05) is 18.0 Å². The van der Waals surface area contributed by atoms with Gasteiger partial charge in [0.1, 0.15) is 0 Å². The molecule has 0 radical (unpaired) electrons. The quantitative estimate of drug-likeness (QED) is 0.768. The van der Waals surface area contributed by atoms with Gasteiger partial charge in [0.15, 0.2) is 11.6 Å². The molecule has 0 atom stereocenters. The maximum Gasteiger partial charge on any atom is 0.264 e. The van der Waals surface area contributed by atoms with Crippen LogP contribution in [-0.2, 0) is 10.0 Å². The highest BCUT2D eigenvalue weighted by molar-refractivity contribution is 7.92. The summed E-state index contributed by atoms with van der Waals surface area (Å²) in [5.41, 5.74) is 0.485. The van der Waals surface area contributed by atoms with Crippen LogP contribution < -0.4 is 9.04 Å². The maximum atomic E-state index is 13.8. The summed E-state index contributed by atoms with van der Waals surface area (Å²) in [5, 5.41) is 0. The predicted octanol–water partition coefficient (Wildman–Crippen LogP) is 3.22. The number of halogens is 1. The molecule has 22 heavy (non-hydrogen) atoms. The highest BCUT2D eigenvalue weighted by atomic mass is 32.2. The molecular formula is C16H16FNO3S. The first-order valence-electron chi connectivity index (χ1n) is 6.53. The van der Waals surface area contributed by atoms with Gasteiger partial charge in [-0.1, -0.05) is 24.3 Å². The Kier molecular flexibility index (Phi) is 4.82. The second-order valence-electron chi connectivity index (χ2n) is 4.46. The molecule has 0 aliphatic rings. The zero-order valence-corrected chi connectivity index (χ0v) is 12.9. The van der Waals surface area contributed by atoms with E-state index in [2.05, 4.69) is 6.58 Å². The molecular weight excluding hydrogens is 305 g/mol. The summed E-state index contributed by atoms with van der Waals surface area (Å²) in [5.74, 6) is -0.732. The van der Waals surface area contributed by atoms with Crippen molar-refractivity contribution in [1.29, 1.82) is 0 Å². The topological polar surface area (TPSA) is 46.6 Å². The fourth-order valence-corrected chi connectivity index (χ4v) is 3.44. The standard InChI is InChI=1S/C16H16FNO3S/c1-3-11-18(13-7-5-4-6-8-13)22(19,20)14-9-10-16(21-2)15(17)12-14/h3-10,12H,1,11H2,2H3. The first-order chi connectivity index (χ1) is 10.5. The summed E-state index contributed by atoms with van der Waals surface area (Å²) in [4.78, 5) is -0.142. The molecule has 0 spiro atoms. The van der Waals surface area contributed by atoms with E-state index in [4.69, 9.17) is 4.74 Å². The van der Waals surface area contributed by atoms with E-state index in [1.54, 1.807) is 30.3 Å². The van der Waals surface area contributed by atoms with Gasteiger partial charge < -0.3 is 4.74 Å². The van der Waals surface area contributed by atoms with Crippen molar-refractivity contribution >= 4 is 15.7 Å². The largest absolute Gasteiger partial charge is 0.494 e. The summed E-state index contributed by atoms with van der Waals surface area (Å²) < 4.78 is 45.3. The van der Waals surface area contributed by atoms with Gasteiger partial charge in [-0.3, -0.25) is 4.31 Å². The molecule has 0 saturated carbocycles. The molecule has 116 valence electrons. The number of methoxy groups -OCH3 is 1. The molecule has 0 heterocycles. The smallest absolute Gasteiger partial charge is 0.264 e. The van der Waals surface area contributed by atoms with Crippen LogP contribution in [0.2, 0.25) is 0 Å². The highest BCUT2D eigenvalue weighted by Gasteiger charge is 2.25. The average molecular weight is 321 g/mol. The van der Waals surface area contributed by atoms with E-state index in [1.807, 2.05) is 0 Å². The van der Waals surface area contributed by atoms with E-state index in [1.165, 1.54) is 29.6 Å². The molecule has 0 N–H and O–H groups in total. The Morgan fingerprint density at radius 2 is 1.91 bits per heavy atom. The number of sulfonamides is 1. The van der Waals surface area contributed by atoms with Crippen molar-refractivity contribution < 1.29 is 17.5 Å². The van der Waals surface area contributed by atoms with Crippen LogP contribution in [0.4, 0.5) is 10.1 Å². The molecule has 0 bridgehead atoms. The van der Waals surface area contributed by atoms with Crippen molar-refractivity contribution in [3.8, 4) is 5.75 Å². The fourth-order valence-electron chi connectivity index (χ4n) is 1.99. The van der Waals surface area contributed by atoms with E-state index in [9.17, 15) is 12.8 Å². The van der Waals surface area contributed by atoms with E-state index in [0.29, 0.717) is 5.69 Å². The van der Waals surface area contributed by atoms with Crippen LogP contribution in [0.5, 0.6) is 5.75 Å². The zero-order valence-electron chi connectivity index (χ0n) is 12.1. The van der Waals surface area contributed by atoms with Gasteiger partial charge in [-0.15, -0.1) is 6.58 Å². The van der Waals surface area contributed by atoms with Gasteiger partial charge in [-0.25, -0.2) is 12.8 Å². The summed E-state index contributed by atoms with van der Waals surface area (Å²) in [6.45, 7) is 3.66. The molecule has 0 amide bonds. The summed E-state index contributed by atoms with van der Waals surface area (Å²) in [6, 6.07) is 12.1. The molecule has 2 aromatic rings. The van der Waals surface area contributed by atoms with Crippen LogP contribution in [-0.4, -0.2) is 22.1 Å². The third kappa shape index (κ3) is 3.12. The zero-order chi connectivity index (χ0) is 16.2. The SMILES string of the molecule is C=CCN(c1ccccc1)S(=O)(=O)c1ccc(OC)c(F)c1. The first kappa shape index (κ1) is 16.0. The Morgan fingerprint density at radius 3 is 2.45 bits per heavy atom. The number of hydrogen-bond donors (Lipinski definition) is 0. The first-order valence-corrected chi connectivity index (χ1v) is 7.97. The molecule has 0 aromatic heterocycles. The summed E-state index contributed by atoms with van der Waals surface area (Å²) in [6.07, 6.45) is 1.48. The Labute approximate surface area is 129 Å². The van der Waals surface area contributed by atoms with Crippen LogP contribution in [0.15, 0.2) is 66.1 Å². The Balaban J connectivity index is 2.50. The molecule has 2 aromatic carbocycles.